The van der Waals surface area contributed by atoms with Gasteiger partial charge in [0.25, 0.3) is 0 Å². The highest BCUT2D eigenvalue weighted by molar-refractivity contribution is 5.94. The van der Waals surface area contributed by atoms with E-state index in [2.05, 4.69) is 10.3 Å². The Morgan fingerprint density at radius 1 is 0.884 bits per heavy atom. The molecule has 0 bridgehead atoms. The number of pyridine rings is 1. The van der Waals surface area contributed by atoms with Crippen molar-refractivity contribution < 1.29 is 41.0 Å². The van der Waals surface area contributed by atoms with Crippen LogP contribution < -0.4 is 5.32 Å². The number of halogens is 6. The van der Waals surface area contributed by atoms with Gasteiger partial charge in [-0.1, -0.05) is 12.1 Å². The Labute approximate surface area is 241 Å². The fourth-order valence-corrected chi connectivity index (χ4v) is 4.35. The van der Waals surface area contributed by atoms with E-state index < -0.39 is 35.2 Å². The minimum absolute atomic E-state index is 0.0226. The Hall–Kier alpha value is -5.18. The van der Waals surface area contributed by atoms with Crippen molar-refractivity contribution in [1.82, 2.24) is 4.98 Å². The molecule has 0 aliphatic heterocycles. The maximum atomic E-state index is 14.2. The molecule has 43 heavy (non-hydrogen) atoms. The number of carboxylic acids is 1. The highest BCUT2D eigenvalue weighted by Crippen LogP contribution is 2.35. The van der Waals surface area contributed by atoms with Gasteiger partial charge in [-0.3, -0.25) is 14.6 Å². The molecule has 0 saturated heterocycles. The summed E-state index contributed by atoms with van der Waals surface area (Å²) < 4.78 is 81.9. The van der Waals surface area contributed by atoms with Crippen LogP contribution in [0.3, 0.4) is 0 Å². The van der Waals surface area contributed by atoms with Gasteiger partial charge >= 0.3 is 12.1 Å². The fourth-order valence-electron chi connectivity index (χ4n) is 4.35. The van der Waals surface area contributed by atoms with Crippen LogP contribution in [0.5, 0.6) is 0 Å². The fraction of sp³-hybridized carbons (Fsp3) is 0.161. The average molecular weight is 598 g/mol. The van der Waals surface area contributed by atoms with Crippen molar-refractivity contribution in [3.8, 4) is 28.3 Å². The summed E-state index contributed by atoms with van der Waals surface area (Å²) >= 11 is 0. The molecule has 220 valence electrons. The van der Waals surface area contributed by atoms with Gasteiger partial charge in [0.05, 0.1) is 17.2 Å². The number of carbonyl (C=O) groups excluding carboxylic acids is 1. The predicted octanol–water partition coefficient (Wildman–Crippen LogP) is 7.77. The van der Waals surface area contributed by atoms with Crippen LogP contribution in [0.15, 0.2) is 66.9 Å². The number of ketones is 1. The number of carbonyl (C=O) groups is 2. The number of nitrogens with one attached hydrogen (secondary N) is 1. The van der Waals surface area contributed by atoms with Crippen LogP contribution in [-0.4, -0.2) is 21.8 Å². The molecule has 1 heterocycles. The Kier molecular flexibility index (Phi) is 9.14. The van der Waals surface area contributed by atoms with Gasteiger partial charge < -0.3 is 10.4 Å². The minimum Gasteiger partial charge on any atom is -0.481 e. The summed E-state index contributed by atoms with van der Waals surface area (Å²) in [6.45, 7) is -0.0786. The number of rotatable bonds is 10. The van der Waals surface area contributed by atoms with Gasteiger partial charge in [0.1, 0.15) is 11.5 Å². The number of aliphatic carboxylic acids is 1. The van der Waals surface area contributed by atoms with Crippen molar-refractivity contribution in [1.29, 1.82) is 5.26 Å². The summed E-state index contributed by atoms with van der Waals surface area (Å²) in [5, 5.41) is 21.3. The predicted molar refractivity (Wildman–Crippen MR) is 144 cm³/mol. The lowest BCUT2D eigenvalue weighted by Crippen LogP contribution is -2.06. The average Bonchev–Trinajstić information content (AvgIpc) is 2.96. The molecule has 0 aliphatic carbocycles. The van der Waals surface area contributed by atoms with Crippen molar-refractivity contribution in [2.75, 3.05) is 5.32 Å². The molecule has 0 amide bonds. The van der Waals surface area contributed by atoms with Crippen LogP contribution >= 0.6 is 0 Å². The second kappa shape index (κ2) is 12.8. The molecular weight excluding hydrogens is 576 g/mol. The van der Waals surface area contributed by atoms with Crippen LogP contribution in [0.4, 0.5) is 32.0 Å². The molecule has 0 aliphatic rings. The van der Waals surface area contributed by atoms with E-state index in [1.807, 2.05) is 6.07 Å². The van der Waals surface area contributed by atoms with Crippen LogP contribution in [0.25, 0.3) is 22.3 Å². The first-order valence-corrected chi connectivity index (χ1v) is 12.7. The van der Waals surface area contributed by atoms with Gasteiger partial charge in [0, 0.05) is 36.8 Å². The molecule has 2 N–H and O–H groups in total. The van der Waals surface area contributed by atoms with Crippen LogP contribution in [0, 0.1) is 28.8 Å². The maximum absolute atomic E-state index is 14.2. The van der Waals surface area contributed by atoms with E-state index in [1.165, 1.54) is 36.5 Å². The molecule has 0 unspecified atom stereocenters. The second-order valence-electron chi connectivity index (χ2n) is 9.48. The number of carboxylic acid groups (broad SMARTS) is 1. The standard InChI is InChI=1S/C31H21F6N3O3/c32-22-9-18(8-21(12-22)31(35,36)37)24-6-5-23(10-19(24)14-38)39-16-20-11-26(33)27(34)13-25(20)17-4-7-28(40-15-17)29(41)2-1-3-30(42)43/h4-13,15,39H,1-3,16H2,(H,42,43). The third-order valence-electron chi connectivity index (χ3n) is 6.46. The number of alkyl halides is 3. The summed E-state index contributed by atoms with van der Waals surface area (Å²) in [6, 6.07) is 12.8. The van der Waals surface area contributed by atoms with Gasteiger partial charge in [-0.05, 0) is 77.2 Å². The van der Waals surface area contributed by atoms with E-state index in [0.717, 1.165) is 24.3 Å². The molecule has 4 rings (SSSR count). The number of aromatic nitrogens is 1. The van der Waals surface area contributed by atoms with E-state index >= 15 is 0 Å². The van der Waals surface area contributed by atoms with Crippen molar-refractivity contribution >= 4 is 17.4 Å². The van der Waals surface area contributed by atoms with Gasteiger partial charge in [-0.2, -0.15) is 18.4 Å². The summed E-state index contributed by atoms with van der Waals surface area (Å²) in [6.07, 6.45) is -3.54. The molecule has 12 heteroatoms. The van der Waals surface area contributed by atoms with Gasteiger partial charge in [0.2, 0.25) is 0 Å². The summed E-state index contributed by atoms with van der Waals surface area (Å²) in [5.41, 5.74) is -0.0389. The number of hydrogen-bond acceptors (Lipinski definition) is 5. The third-order valence-corrected chi connectivity index (χ3v) is 6.46. The smallest absolute Gasteiger partial charge is 0.416 e. The van der Waals surface area contributed by atoms with Gasteiger partial charge in [0.15, 0.2) is 17.4 Å². The van der Waals surface area contributed by atoms with E-state index in [1.54, 1.807) is 0 Å². The van der Waals surface area contributed by atoms with Crippen LogP contribution in [-0.2, 0) is 17.5 Å². The highest BCUT2D eigenvalue weighted by Gasteiger charge is 2.31. The lowest BCUT2D eigenvalue weighted by Gasteiger charge is -2.15. The largest absolute Gasteiger partial charge is 0.481 e. The molecule has 0 spiro atoms. The maximum Gasteiger partial charge on any atom is 0.416 e. The summed E-state index contributed by atoms with van der Waals surface area (Å²) in [7, 11) is 0. The lowest BCUT2D eigenvalue weighted by atomic mass is 9.97. The van der Waals surface area contributed by atoms with Gasteiger partial charge in [-0.15, -0.1) is 0 Å². The zero-order chi connectivity index (χ0) is 31.3. The molecule has 4 aromatic rings. The third kappa shape index (κ3) is 7.56. The molecular formula is C31H21F6N3O3. The van der Waals surface area contributed by atoms with E-state index in [9.17, 15) is 41.2 Å². The first kappa shape index (κ1) is 30.8. The Bertz CT molecular complexity index is 1730. The number of Topliss-reactive ketones (excluding diaryl/α,β-unsaturated/α-hetero) is 1. The highest BCUT2D eigenvalue weighted by atomic mass is 19.4. The van der Waals surface area contributed by atoms with Crippen molar-refractivity contribution in [3.05, 3.63) is 107 Å². The topological polar surface area (TPSA) is 103 Å². The molecule has 0 saturated carbocycles. The van der Waals surface area contributed by atoms with Crippen molar-refractivity contribution in [3.63, 3.8) is 0 Å². The molecule has 6 nitrogen and oxygen atoms in total. The summed E-state index contributed by atoms with van der Waals surface area (Å²) in [4.78, 5) is 27.0. The van der Waals surface area contributed by atoms with Crippen LogP contribution in [0.2, 0.25) is 0 Å². The summed E-state index contributed by atoms with van der Waals surface area (Å²) in [5.74, 6) is -4.77. The molecule has 0 atom stereocenters. The quantitative estimate of drug-likeness (QED) is 0.143. The lowest BCUT2D eigenvalue weighted by molar-refractivity contribution is -0.138. The SMILES string of the molecule is N#Cc1cc(NCc2cc(F)c(F)cc2-c2ccc(C(=O)CCCC(=O)O)nc2)ccc1-c1cc(F)cc(C(F)(F)F)c1. The monoisotopic (exact) mass is 597 g/mol. The Morgan fingerprint density at radius 2 is 1.63 bits per heavy atom. The van der Waals surface area contributed by atoms with Crippen molar-refractivity contribution in [2.45, 2.75) is 32.0 Å². The van der Waals surface area contributed by atoms with Gasteiger partial charge in [-0.25, -0.2) is 13.2 Å². The Morgan fingerprint density at radius 3 is 2.28 bits per heavy atom. The Balaban J connectivity index is 1.57. The number of nitriles is 1. The molecule has 3 aromatic carbocycles. The second-order valence-corrected chi connectivity index (χ2v) is 9.48. The molecule has 0 radical (unpaired) electrons. The normalized spacial score (nSPS) is 11.2. The number of hydrogen-bond donors (Lipinski definition) is 2. The van der Waals surface area contributed by atoms with E-state index in [0.29, 0.717) is 17.3 Å². The molecule has 1 aromatic heterocycles. The minimum atomic E-state index is -4.79. The van der Waals surface area contributed by atoms with E-state index in [4.69, 9.17) is 5.11 Å². The number of nitrogens with zero attached hydrogens (tertiary/aromatic N) is 2. The zero-order valence-corrected chi connectivity index (χ0v) is 22.1. The van der Waals surface area contributed by atoms with Crippen LogP contribution in [0.1, 0.15) is 46.4 Å². The zero-order valence-electron chi connectivity index (χ0n) is 22.1. The number of benzene rings is 3. The molecule has 0 fully saturated rings. The number of anilines is 1. The first-order chi connectivity index (χ1) is 20.3. The van der Waals surface area contributed by atoms with Crippen molar-refractivity contribution in [2.24, 2.45) is 0 Å². The van der Waals surface area contributed by atoms with E-state index in [-0.39, 0.29) is 65.1 Å². The first-order valence-electron chi connectivity index (χ1n) is 12.7.